The average Bonchev–Trinajstić information content (AvgIpc) is 2.50. The highest BCUT2D eigenvalue weighted by molar-refractivity contribution is 14.0. The second kappa shape index (κ2) is 9.57. The van der Waals surface area contributed by atoms with E-state index in [0.717, 1.165) is 42.3 Å². The van der Waals surface area contributed by atoms with Gasteiger partial charge in [-0.1, -0.05) is 0 Å². The van der Waals surface area contributed by atoms with Crippen molar-refractivity contribution in [1.82, 2.24) is 10.2 Å². The molecule has 0 unspecified atom stereocenters. The molecule has 0 radical (unpaired) electrons. The molecule has 0 aliphatic carbocycles. The normalized spacial score (nSPS) is 16.4. The first kappa shape index (κ1) is 19.5. The molecule has 22 heavy (non-hydrogen) atoms. The SMILES string of the molecule is CN=C(NCc1cc(F)ccc1SC)N1CCC(O)CC1.I. The monoisotopic (exact) mass is 439 g/mol. The highest BCUT2D eigenvalue weighted by Gasteiger charge is 2.19. The quantitative estimate of drug-likeness (QED) is 0.329. The van der Waals surface area contributed by atoms with E-state index in [-0.39, 0.29) is 35.9 Å². The van der Waals surface area contributed by atoms with Crippen LogP contribution in [-0.2, 0) is 6.54 Å². The van der Waals surface area contributed by atoms with Gasteiger partial charge in [-0.3, -0.25) is 4.99 Å². The third-order valence-electron chi connectivity index (χ3n) is 3.66. The van der Waals surface area contributed by atoms with E-state index < -0.39 is 0 Å². The molecule has 1 aromatic carbocycles. The summed E-state index contributed by atoms with van der Waals surface area (Å²) < 4.78 is 13.4. The Morgan fingerprint density at radius 3 is 2.73 bits per heavy atom. The van der Waals surface area contributed by atoms with E-state index in [1.54, 1.807) is 30.9 Å². The van der Waals surface area contributed by atoms with Gasteiger partial charge >= 0.3 is 0 Å². The summed E-state index contributed by atoms with van der Waals surface area (Å²) in [5.74, 6) is 0.582. The highest BCUT2D eigenvalue weighted by atomic mass is 127. The van der Waals surface area contributed by atoms with Gasteiger partial charge < -0.3 is 15.3 Å². The number of nitrogens with zero attached hydrogens (tertiary/aromatic N) is 2. The number of aliphatic hydroxyl groups is 1. The Bertz CT molecular complexity index is 508. The number of thioether (sulfide) groups is 1. The Morgan fingerprint density at radius 1 is 1.45 bits per heavy atom. The summed E-state index contributed by atoms with van der Waals surface area (Å²) in [5, 5.41) is 12.8. The molecule has 1 saturated heterocycles. The van der Waals surface area contributed by atoms with Gasteiger partial charge in [0.2, 0.25) is 0 Å². The fraction of sp³-hybridized carbons (Fsp3) is 0.533. The molecule has 0 amide bonds. The number of rotatable bonds is 3. The smallest absolute Gasteiger partial charge is 0.193 e. The summed E-state index contributed by atoms with van der Waals surface area (Å²) in [6.07, 6.45) is 3.30. The number of aliphatic hydroxyl groups excluding tert-OH is 1. The first-order chi connectivity index (χ1) is 10.1. The Labute approximate surface area is 152 Å². The van der Waals surface area contributed by atoms with Gasteiger partial charge in [0.15, 0.2) is 5.96 Å². The van der Waals surface area contributed by atoms with Crippen molar-refractivity contribution < 1.29 is 9.50 Å². The summed E-state index contributed by atoms with van der Waals surface area (Å²) in [6.45, 7) is 2.12. The largest absolute Gasteiger partial charge is 0.393 e. The minimum Gasteiger partial charge on any atom is -0.393 e. The summed E-state index contributed by atoms with van der Waals surface area (Å²) in [6, 6.07) is 4.85. The topological polar surface area (TPSA) is 47.9 Å². The number of guanidine groups is 1. The standard InChI is InChI=1S/C15H22FN3OS.HI/c1-17-15(19-7-5-13(20)6-8-19)18-10-11-9-12(16)3-4-14(11)21-2;/h3-4,9,13,20H,5-8,10H2,1-2H3,(H,17,18);1H. The maximum atomic E-state index is 13.4. The number of hydrogen-bond acceptors (Lipinski definition) is 3. The van der Waals surface area contributed by atoms with Gasteiger partial charge in [0, 0.05) is 31.6 Å². The lowest BCUT2D eigenvalue weighted by Gasteiger charge is -2.32. The van der Waals surface area contributed by atoms with E-state index in [9.17, 15) is 9.50 Å². The van der Waals surface area contributed by atoms with Crippen LogP contribution in [0.2, 0.25) is 0 Å². The number of piperidine rings is 1. The van der Waals surface area contributed by atoms with E-state index in [1.165, 1.54) is 6.07 Å². The van der Waals surface area contributed by atoms with Crippen molar-refractivity contribution in [3.63, 3.8) is 0 Å². The molecule has 1 aliphatic heterocycles. The van der Waals surface area contributed by atoms with E-state index >= 15 is 0 Å². The molecular formula is C15H23FIN3OS. The van der Waals surface area contributed by atoms with Crippen LogP contribution < -0.4 is 5.32 Å². The fourth-order valence-electron chi connectivity index (χ4n) is 2.47. The minimum absolute atomic E-state index is 0. The Morgan fingerprint density at radius 2 is 2.14 bits per heavy atom. The van der Waals surface area contributed by atoms with Crippen molar-refractivity contribution in [1.29, 1.82) is 0 Å². The van der Waals surface area contributed by atoms with Crippen molar-refractivity contribution in [2.24, 2.45) is 4.99 Å². The van der Waals surface area contributed by atoms with Gasteiger partial charge in [-0.05, 0) is 42.9 Å². The lowest BCUT2D eigenvalue weighted by Crippen LogP contribution is -2.46. The van der Waals surface area contributed by atoms with Crippen LogP contribution >= 0.6 is 35.7 Å². The average molecular weight is 439 g/mol. The van der Waals surface area contributed by atoms with Crippen LogP contribution in [0.3, 0.4) is 0 Å². The Hall–Kier alpha value is -0.540. The summed E-state index contributed by atoms with van der Waals surface area (Å²) in [4.78, 5) is 7.47. The third kappa shape index (κ3) is 5.27. The maximum Gasteiger partial charge on any atom is 0.193 e. The molecule has 1 fully saturated rings. The molecule has 0 aromatic heterocycles. The molecule has 7 heteroatoms. The van der Waals surface area contributed by atoms with Gasteiger partial charge in [0.1, 0.15) is 5.82 Å². The molecule has 1 aromatic rings. The first-order valence-corrected chi connectivity index (χ1v) is 8.32. The van der Waals surface area contributed by atoms with Crippen LogP contribution in [0, 0.1) is 5.82 Å². The van der Waals surface area contributed by atoms with Gasteiger partial charge in [0.05, 0.1) is 6.10 Å². The van der Waals surface area contributed by atoms with Crippen LogP contribution in [0.5, 0.6) is 0 Å². The van der Waals surface area contributed by atoms with Crippen molar-refractivity contribution >= 4 is 41.7 Å². The summed E-state index contributed by atoms with van der Waals surface area (Å²) >= 11 is 1.61. The molecular weight excluding hydrogens is 416 g/mol. The van der Waals surface area contributed by atoms with Gasteiger partial charge in [-0.2, -0.15) is 0 Å². The number of benzene rings is 1. The minimum atomic E-state index is -0.222. The molecule has 0 atom stereocenters. The van der Waals surface area contributed by atoms with Crippen molar-refractivity contribution in [3.05, 3.63) is 29.6 Å². The zero-order valence-corrected chi connectivity index (χ0v) is 16.0. The van der Waals surface area contributed by atoms with Crippen LogP contribution in [-0.4, -0.2) is 48.5 Å². The molecule has 1 heterocycles. The van der Waals surface area contributed by atoms with E-state index in [4.69, 9.17) is 0 Å². The highest BCUT2D eigenvalue weighted by Crippen LogP contribution is 2.21. The first-order valence-electron chi connectivity index (χ1n) is 7.10. The molecule has 0 saturated carbocycles. The predicted molar refractivity (Wildman–Crippen MR) is 101 cm³/mol. The molecule has 0 bridgehead atoms. The summed E-state index contributed by atoms with van der Waals surface area (Å²) in [5.41, 5.74) is 0.931. The maximum absolute atomic E-state index is 13.4. The van der Waals surface area contributed by atoms with E-state index in [1.807, 2.05) is 6.26 Å². The number of halogens is 2. The van der Waals surface area contributed by atoms with E-state index in [0.29, 0.717) is 6.54 Å². The number of nitrogens with one attached hydrogen (secondary N) is 1. The second-order valence-corrected chi connectivity index (χ2v) is 5.92. The van der Waals surface area contributed by atoms with Crippen LogP contribution in [0.15, 0.2) is 28.1 Å². The number of hydrogen-bond donors (Lipinski definition) is 2. The van der Waals surface area contributed by atoms with Crippen LogP contribution in [0.25, 0.3) is 0 Å². The van der Waals surface area contributed by atoms with E-state index in [2.05, 4.69) is 15.2 Å². The Balaban J connectivity index is 0.00000242. The zero-order chi connectivity index (χ0) is 15.2. The zero-order valence-electron chi connectivity index (χ0n) is 12.9. The van der Waals surface area contributed by atoms with Crippen LogP contribution in [0.4, 0.5) is 4.39 Å². The molecule has 124 valence electrons. The molecule has 2 N–H and O–H groups in total. The second-order valence-electron chi connectivity index (χ2n) is 5.08. The lowest BCUT2D eigenvalue weighted by molar-refractivity contribution is 0.108. The molecule has 0 spiro atoms. The molecule has 4 nitrogen and oxygen atoms in total. The fourth-order valence-corrected chi connectivity index (χ4v) is 3.07. The predicted octanol–water partition coefficient (Wildman–Crippen LogP) is 2.70. The van der Waals surface area contributed by atoms with Gasteiger partial charge in [-0.25, -0.2) is 4.39 Å². The summed E-state index contributed by atoms with van der Waals surface area (Å²) in [7, 11) is 1.74. The Kier molecular flexibility index (Phi) is 8.48. The van der Waals surface area contributed by atoms with Gasteiger partial charge in [0.25, 0.3) is 0 Å². The van der Waals surface area contributed by atoms with Crippen molar-refractivity contribution in [2.75, 3.05) is 26.4 Å². The molecule has 2 rings (SSSR count). The third-order valence-corrected chi connectivity index (χ3v) is 4.49. The number of likely N-dealkylation sites (tertiary alicyclic amines) is 1. The lowest BCUT2D eigenvalue weighted by atomic mass is 10.1. The number of aliphatic imine (C=N–C) groups is 1. The van der Waals surface area contributed by atoms with Gasteiger partial charge in [-0.15, -0.1) is 35.7 Å². The van der Waals surface area contributed by atoms with Crippen molar-refractivity contribution in [2.45, 2.75) is 30.4 Å². The van der Waals surface area contributed by atoms with Crippen LogP contribution in [0.1, 0.15) is 18.4 Å². The molecule has 1 aliphatic rings. The van der Waals surface area contributed by atoms with Crippen molar-refractivity contribution in [3.8, 4) is 0 Å².